The monoisotopic (exact) mass is 247 g/mol. The van der Waals surface area contributed by atoms with E-state index < -0.39 is 0 Å². The van der Waals surface area contributed by atoms with Gasteiger partial charge in [-0.1, -0.05) is 50.5 Å². The fourth-order valence-electron chi connectivity index (χ4n) is 1.74. The molecule has 0 aromatic heterocycles. The summed E-state index contributed by atoms with van der Waals surface area (Å²) < 4.78 is 5.68. The van der Waals surface area contributed by atoms with Crippen LogP contribution in [0.1, 0.15) is 45.1 Å². The minimum Gasteiger partial charge on any atom is -0.494 e. The van der Waals surface area contributed by atoms with Crippen molar-refractivity contribution in [2.24, 2.45) is 5.73 Å². The minimum absolute atomic E-state index is 0.631. The molecule has 0 atom stereocenters. The molecule has 2 nitrogen and oxygen atoms in total. The molecule has 0 aliphatic carbocycles. The second-order valence-corrected chi connectivity index (χ2v) is 4.48. The van der Waals surface area contributed by atoms with Crippen molar-refractivity contribution >= 4 is 6.08 Å². The van der Waals surface area contributed by atoms with Crippen molar-refractivity contribution in [2.45, 2.75) is 39.5 Å². The van der Waals surface area contributed by atoms with Crippen LogP contribution in [0.2, 0.25) is 0 Å². The minimum atomic E-state index is 0.631. The zero-order chi connectivity index (χ0) is 13.2. The van der Waals surface area contributed by atoms with Crippen molar-refractivity contribution in [3.05, 3.63) is 35.4 Å². The SMILES string of the molecule is CCCCCOc1ccc(C=C(CC)CN)cc1. The Morgan fingerprint density at radius 2 is 1.89 bits per heavy atom. The number of unbranched alkanes of at least 4 members (excludes halogenated alkanes) is 2. The summed E-state index contributed by atoms with van der Waals surface area (Å²) in [6, 6.07) is 8.23. The van der Waals surface area contributed by atoms with Crippen LogP contribution in [0, 0.1) is 0 Å². The van der Waals surface area contributed by atoms with Gasteiger partial charge in [-0.2, -0.15) is 0 Å². The first-order chi connectivity index (χ1) is 8.80. The molecule has 0 saturated carbocycles. The highest BCUT2D eigenvalue weighted by Gasteiger charge is 1.96. The lowest BCUT2D eigenvalue weighted by Gasteiger charge is -2.06. The Bertz CT molecular complexity index is 348. The third-order valence-corrected chi connectivity index (χ3v) is 2.98. The van der Waals surface area contributed by atoms with Gasteiger partial charge in [0.2, 0.25) is 0 Å². The Kier molecular flexibility index (Phi) is 7.19. The maximum atomic E-state index is 5.68. The van der Waals surface area contributed by atoms with Gasteiger partial charge in [-0.15, -0.1) is 0 Å². The highest BCUT2D eigenvalue weighted by Crippen LogP contribution is 2.15. The molecular weight excluding hydrogens is 222 g/mol. The Morgan fingerprint density at radius 3 is 2.44 bits per heavy atom. The molecule has 100 valence electrons. The van der Waals surface area contributed by atoms with Gasteiger partial charge in [0.15, 0.2) is 0 Å². The van der Waals surface area contributed by atoms with E-state index in [1.165, 1.54) is 24.0 Å². The largest absolute Gasteiger partial charge is 0.494 e. The van der Waals surface area contributed by atoms with Crippen LogP contribution < -0.4 is 10.5 Å². The standard InChI is InChI=1S/C16H25NO/c1-3-5-6-11-18-16-9-7-15(8-10-16)12-14(4-2)13-17/h7-10,12H,3-6,11,13,17H2,1-2H3. The molecule has 1 aromatic carbocycles. The summed E-state index contributed by atoms with van der Waals surface area (Å²) in [7, 11) is 0. The lowest BCUT2D eigenvalue weighted by molar-refractivity contribution is 0.306. The molecule has 0 saturated heterocycles. The fraction of sp³-hybridized carbons (Fsp3) is 0.500. The van der Waals surface area contributed by atoms with E-state index >= 15 is 0 Å². The summed E-state index contributed by atoms with van der Waals surface area (Å²) in [4.78, 5) is 0. The molecular formula is C16H25NO. The van der Waals surface area contributed by atoms with Crippen molar-refractivity contribution in [2.75, 3.05) is 13.2 Å². The number of nitrogens with two attached hydrogens (primary N) is 1. The maximum Gasteiger partial charge on any atom is 0.119 e. The van der Waals surface area contributed by atoms with Crippen molar-refractivity contribution in [1.82, 2.24) is 0 Å². The van der Waals surface area contributed by atoms with E-state index in [1.807, 2.05) is 12.1 Å². The Morgan fingerprint density at radius 1 is 1.17 bits per heavy atom. The molecule has 0 bridgehead atoms. The first kappa shape index (κ1) is 14.8. The predicted octanol–water partition coefficient (Wildman–Crippen LogP) is 4.01. The Balaban J connectivity index is 2.49. The number of hydrogen-bond donors (Lipinski definition) is 1. The number of hydrogen-bond acceptors (Lipinski definition) is 2. The van der Waals surface area contributed by atoms with Crippen molar-refractivity contribution < 1.29 is 4.74 Å². The zero-order valence-corrected chi connectivity index (χ0v) is 11.6. The molecule has 1 rings (SSSR count). The molecule has 1 aromatic rings. The number of ether oxygens (including phenoxy) is 1. The van der Waals surface area contributed by atoms with Crippen LogP contribution in [0.3, 0.4) is 0 Å². The maximum absolute atomic E-state index is 5.68. The van der Waals surface area contributed by atoms with E-state index in [-0.39, 0.29) is 0 Å². The number of rotatable bonds is 8. The van der Waals surface area contributed by atoms with Gasteiger partial charge >= 0.3 is 0 Å². The molecule has 18 heavy (non-hydrogen) atoms. The molecule has 0 heterocycles. The third kappa shape index (κ3) is 5.37. The average Bonchev–Trinajstić information content (AvgIpc) is 2.42. The normalized spacial score (nSPS) is 11.6. The van der Waals surface area contributed by atoms with Crippen LogP contribution in [-0.2, 0) is 0 Å². The van der Waals surface area contributed by atoms with Crippen LogP contribution in [0.4, 0.5) is 0 Å². The van der Waals surface area contributed by atoms with Gasteiger partial charge < -0.3 is 10.5 Å². The molecule has 0 unspecified atom stereocenters. The van der Waals surface area contributed by atoms with E-state index in [0.717, 1.165) is 25.2 Å². The molecule has 0 spiro atoms. The quantitative estimate of drug-likeness (QED) is 0.704. The Hall–Kier alpha value is -1.28. The summed E-state index contributed by atoms with van der Waals surface area (Å²) in [5.74, 6) is 0.953. The van der Waals surface area contributed by atoms with E-state index in [2.05, 4.69) is 32.1 Å². The summed E-state index contributed by atoms with van der Waals surface area (Å²) in [6.45, 7) is 5.77. The highest BCUT2D eigenvalue weighted by molar-refractivity contribution is 5.54. The highest BCUT2D eigenvalue weighted by atomic mass is 16.5. The van der Waals surface area contributed by atoms with Crippen LogP contribution >= 0.6 is 0 Å². The van der Waals surface area contributed by atoms with Crippen LogP contribution in [0.15, 0.2) is 29.8 Å². The van der Waals surface area contributed by atoms with Gasteiger partial charge in [0, 0.05) is 6.54 Å². The van der Waals surface area contributed by atoms with Gasteiger partial charge in [0.1, 0.15) is 5.75 Å². The van der Waals surface area contributed by atoms with Crippen LogP contribution in [0.5, 0.6) is 5.75 Å². The van der Waals surface area contributed by atoms with Gasteiger partial charge in [0.05, 0.1) is 6.61 Å². The summed E-state index contributed by atoms with van der Waals surface area (Å²) >= 11 is 0. The second-order valence-electron chi connectivity index (χ2n) is 4.48. The van der Waals surface area contributed by atoms with Gasteiger partial charge in [-0.3, -0.25) is 0 Å². The van der Waals surface area contributed by atoms with E-state index in [9.17, 15) is 0 Å². The topological polar surface area (TPSA) is 35.2 Å². The molecule has 0 aliphatic rings. The zero-order valence-electron chi connectivity index (χ0n) is 11.6. The smallest absolute Gasteiger partial charge is 0.119 e. The molecule has 2 heteroatoms. The second kappa shape index (κ2) is 8.76. The Labute approximate surface area is 111 Å². The van der Waals surface area contributed by atoms with Gasteiger partial charge in [0.25, 0.3) is 0 Å². The van der Waals surface area contributed by atoms with E-state index in [0.29, 0.717) is 6.54 Å². The average molecular weight is 247 g/mol. The first-order valence-corrected chi connectivity index (χ1v) is 6.92. The van der Waals surface area contributed by atoms with Crippen molar-refractivity contribution in [3.63, 3.8) is 0 Å². The summed E-state index contributed by atoms with van der Waals surface area (Å²) in [5.41, 5.74) is 8.13. The van der Waals surface area contributed by atoms with Gasteiger partial charge in [-0.05, 0) is 30.5 Å². The predicted molar refractivity (Wildman–Crippen MR) is 78.8 cm³/mol. The molecule has 2 N–H and O–H groups in total. The van der Waals surface area contributed by atoms with Crippen LogP contribution in [-0.4, -0.2) is 13.2 Å². The van der Waals surface area contributed by atoms with E-state index in [1.54, 1.807) is 0 Å². The summed E-state index contributed by atoms with van der Waals surface area (Å²) in [6.07, 6.45) is 6.75. The van der Waals surface area contributed by atoms with Crippen LogP contribution in [0.25, 0.3) is 6.08 Å². The molecule has 0 aliphatic heterocycles. The lowest BCUT2D eigenvalue weighted by atomic mass is 10.1. The molecule has 0 amide bonds. The lowest BCUT2D eigenvalue weighted by Crippen LogP contribution is -2.01. The summed E-state index contributed by atoms with van der Waals surface area (Å²) in [5, 5.41) is 0. The third-order valence-electron chi connectivity index (χ3n) is 2.98. The van der Waals surface area contributed by atoms with Crippen molar-refractivity contribution in [3.8, 4) is 5.75 Å². The fourth-order valence-corrected chi connectivity index (χ4v) is 1.74. The molecule has 0 fully saturated rings. The molecule has 0 radical (unpaired) electrons. The number of benzene rings is 1. The van der Waals surface area contributed by atoms with Gasteiger partial charge in [-0.25, -0.2) is 0 Å². The van der Waals surface area contributed by atoms with E-state index in [4.69, 9.17) is 10.5 Å². The van der Waals surface area contributed by atoms with Crippen molar-refractivity contribution in [1.29, 1.82) is 0 Å². The first-order valence-electron chi connectivity index (χ1n) is 6.92.